The first kappa shape index (κ1) is 20.5. The van der Waals surface area contributed by atoms with Crippen LogP contribution in [0.2, 0.25) is 5.02 Å². The lowest BCUT2D eigenvalue weighted by molar-refractivity contribution is 0.458. The van der Waals surface area contributed by atoms with Crippen LogP contribution in [-0.4, -0.2) is 25.2 Å². The Morgan fingerprint density at radius 3 is 2.56 bits per heavy atom. The maximum absolute atomic E-state index is 14.4. The SMILES string of the molecule is CC1CN(c2ccccc2)c2nc3c(c(=O)n(Cc4c(F)cccc4Cl)c(=O)n3C)n2C1. The molecular formula is C23H21ClFN5O2. The van der Waals surface area contributed by atoms with E-state index in [2.05, 4.69) is 16.8 Å². The Balaban J connectivity index is 1.75. The largest absolute Gasteiger partial charge is 0.332 e. The van der Waals surface area contributed by atoms with E-state index >= 15 is 0 Å². The van der Waals surface area contributed by atoms with Crippen LogP contribution in [-0.2, 0) is 20.1 Å². The molecule has 0 amide bonds. The van der Waals surface area contributed by atoms with E-state index in [4.69, 9.17) is 11.6 Å². The molecule has 164 valence electrons. The minimum atomic E-state index is -0.573. The number of hydrogen-bond acceptors (Lipinski definition) is 4. The standard InChI is InChI=1S/C23H21ClFN5O2/c1-14-11-28(15-7-4-3-5-8-15)22-26-20-19(29(22)12-14)21(31)30(23(32)27(20)2)13-16-17(24)9-6-10-18(16)25/h3-10,14H,11-13H2,1-2H3. The van der Waals surface area contributed by atoms with Gasteiger partial charge in [-0.1, -0.05) is 42.8 Å². The van der Waals surface area contributed by atoms with Crippen LogP contribution in [0.5, 0.6) is 0 Å². The van der Waals surface area contributed by atoms with Gasteiger partial charge >= 0.3 is 5.69 Å². The number of aromatic nitrogens is 4. The van der Waals surface area contributed by atoms with Crippen LogP contribution in [0.15, 0.2) is 58.1 Å². The zero-order chi connectivity index (χ0) is 22.6. The molecular weight excluding hydrogens is 433 g/mol. The molecule has 5 rings (SSSR count). The summed E-state index contributed by atoms with van der Waals surface area (Å²) in [5, 5.41) is 0.165. The van der Waals surface area contributed by atoms with Crippen LogP contribution in [0.4, 0.5) is 16.0 Å². The number of aryl methyl sites for hydroxylation is 1. The minimum absolute atomic E-state index is 0.102. The molecule has 1 unspecified atom stereocenters. The zero-order valence-corrected chi connectivity index (χ0v) is 18.4. The topological polar surface area (TPSA) is 65.1 Å². The van der Waals surface area contributed by atoms with Crippen molar-refractivity contribution in [3.05, 3.63) is 85.8 Å². The monoisotopic (exact) mass is 453 g/mol. The summed E-state index contributed by atoms with van der Waals surface area (Å²) < 4.78 is 18.6. The van der Waals surface area contributed by atoms with Gasteiger partial charge in [-0.05, 0) is 30.2 Å². The van der Waals surface area contributed by atoms with Crippen LogP contribution >= 0.6 is 11.6 Å². The van der Waals surface area contributed by atoms with Gasteiger partial charge in [-0.25, -0.2) is 9.18 Å². The van der Waals surface area contributed by atoms with Crippen LogP contribution in [0.3, 0.4) is 0 Å². The Morgan fingerprint density at radius 1 is 1.09 bits per heavy atom. The number of hydrogen-bond donors (Lipinski definition) is 0. The molecule has 0 spiro atoms. The first-order valence-electron chi connectivity index (χ1n) is 10.3. The van der Waals surface area contributed by atoms with E-state index in [-0.39, 0.29) is 23.0 Å². The molecule has 0 saturated carbocycles. The molecule has 0 fully saturated rings. The maximum atomic E-state index is 14.4. The highest BCUT2D eigenvalue weighted by molar-refractivity contribution is 6.31. The average molecular weight is 454 g/mol. The van der Waals surface area contributed by atoms with Gasteiger partial charge in [0.15, 0.2) is 11.2 Å². The van der Waals surface area contributed by atoms with Gasteiger partial charge in [0.1, 0.15) is 5.82 Å². The summed E-state index contributed by atoms with van der Waals surface area (Å²) >= 11 is 6.15. The summed E-state index contributed by atoms with van der Waals surface area (Å²) in [6.45, 7) is 3.17. The van der Waals surface area contributed by atoms with Gasteiger partial charge in [0.25, 0.3) is 5.56 Å². The fourth-order valence-electron chi connectivity index (χ4n) is 4.31. The molecule has 2 aromatic carbocycles. The van der Waals surface area contributed by atoms with Crippen molar-refractivity contribution < 1.29 is 4.39 Å². The van der Waals surface area contributed by atoms with E-state index < -0.39 is 17.1 Å². The Morgan fingerprint density at radius 2 is 1.84 bits per heavy atom. The van der Waals surface area contributed by atoms with Gasteiger partial charge in [-0.2, -0.15) is 4.98 Å². The lowest BCUT2D eigenvalue weighted by atomic mass is 10.1. The van der Waals surface area contributed by atoms with Crippen LogP contribution in [0, 0.1) is 11.7 Å². The van der Waals surface area contributed by atoms with Crippen LogP contribution < -0.4 is 16.1 Å². The smallest absolute Gasteiger partial charge is 0.312 e. The van der Waals surface area contributed by atoms with Crippen molar-refractivity contribution in [1.29, 1.82) is 0 Å². The molecule has 7 nitrogen and oxygen atoms in total. The summed E-state index contributed by atoms with van der Waals surface area (Å²) in [5.41, 5.74) is 0.604. The predicted molar refractivity (Wildman–Crippen MR) is 122 cm³/mol. The van der Waals surface area contributed by atoms with Crippen LogP contribution in [0.25, 0.3) is 11.2 Å². The van der Waals surface area contributed by atoms with E-state index in [0.717, 1.165) is 16.8 Å². The minimum Gasteiger partial charge on any atom is -0.312 e. The van der Waals surface area contributed by atoms with E-state index in [0.29, 0.717) is 23.7 Å². The molecule has 0 bridgehead atoms. The molecule has 3 heterocycles. The predicted octanol–water partition coefficient (Wildman–Crippen LogP) is 3.53. The molecule has 0 N–H and O–H groups in total. The number of anilines is 2. The Kier molecular flexibility index (Phi) is 4.89. The zero-order valence-electron chi connectivity index (χ0n) is 17.6. The van der Waals surface area contributed by atoms with Crippen molar-refractivity contribution in [2.75, 3.05) is 11.4 Å². The molecule has 9 heteroatoms. The lowest BCUT2D eigenvalue weighted by Gasteiger charge is -2.32. The molecule has 0 aliphatic carbocycles. The van der Waals surface area contributed by atoms with E-state index in [1.54, 1.807) is 7.05 Å². The molecule has 1 aliphatic heterocycles. The van der Waals surface area contributed by atoms with Crippen molar-refractivity contribution in [2.45, 2.75) is 20.0 Å². The summed E-state index contributed by atoms with van der Waals surface area (Å²) in [4.78, 5) is 33.3. The molecule has 0 radical (unpaired) electrons. The molecule has 2 aromatic heterocycles. The summed E-state index contributed by atoms with van der Waals surface area (Å²) in [7, 11) is 1.57. The number of nitrogens with zero attached hydrogens (tertiary/aromatic N) is 5. The lowest BCUT2D eigenvalue weighted by Crippen LogP contribution is -2.40. The van der Waals surface area contributed by atoms with Crippen molar-refractivity contribution in [2.24, 2.45) is 13.0 Å². The Labute approximate surface area is 187 Å². The van der Waals surface area contributed by atoms with Gasteiger partial charge in [-0.15, -0.1) is 0 Å². The fraction of sp³-hybridized carbons (Fsp3) is 0.261. The number of halogens is 2. The van der Waals surface area contributed by atoms with Gasteiger partial charge in [0, 0.05) is 36.4 Å². The van der Waals surface area contributed by atoms with Crippen molar-refractivity contribution in [3.8, 4) is 0 Å². The quantitative estimate of drug-likeness (QED) is 0.476. The first-order chi connectivity index (χ1) is 15.4. The highest BCUT2D eigenvalue weighted by Gasteiger charge is 2.30. The fourth-order valence-corrected chi connectivity index (χ4v) is 4.53. The van der Waals surface area contributed by atoms with Gasteiger partial charge in [0.05, 0.1) is 6.54 Å². The molecule has 1 atom stereocenters. The third-order valence-electron chi connectivity index (χ3n) is 5.89. The highest BCUT2D eigenvalue weighted by atomic mass is 35.5. The van der Waals surface area contributed by atoms with Gasteiger partial charge in [-0.3, -0.25) is 13.9 Å². The molecule has 32 heavy (non-hydrogen) atoms. The average Bonchev–Trinajstić information content (AvgIpc) is 3.16. The summed E-state index contributed by atoms with van der Waals surface area (Å²) in [6, 6.07) is 14.1. The second kappa shape index (κ2) is 7.63. The van der Waals surface area contributed by atoms with Gasteiger partial charge in [0.2, 0.25) is 5.95 Å². The third kappa shape index (κ3) is 3.14. The Hall–Kier alpha value is -3.39. The van der Waals surface area contributed by atoms with Crippen molar-refractivity contribution in [3.63, 3.8) is 0 Å². The Bertz CT molecular complexity index is 1440. The second-order valence-corrected chi connectivity index (χ2v) is 8.59. The summed E-state index contributed by atoms with van der Waals surface area (Å²) in [5.74, 6) is 0.287. The first-order valence-corrected chi connectivity index (χ1v) is 10.7. The van der Waals surface area contributed by atoms with Crippen LogP contribution in [0.1, 0.15) is 12.5 Å². The van der Waals surface area contributed by atoms with Crippen molar-refractivity contribution >= 4 is 34.4 Å². The normalized spacial score (nSPS) is 15.9. The second-order valence-electron chi connectivity index (χ2n) is 8.18. The van der Waals surface area contributed by atoms with Crippen molar-refractivity contribution in [1.82, 2.24) is 18.7 Å². The molecule has 4 aromatic rings. The third-order valence-corrected chi connectivity index (χ3v) is 6.24. The summed E-state index contributed by atoms with van der Waals surface area (Å²) in [6.07, 6.45) is 0. The number of imidazole rings is 1. The van der Waals surface area contributed by atoms with E-state index in [9.17, 15) is 14.0 Å². The maximum Gasteiger partial charge on any atom is 0.332 e. The number of para-hydroxylation sites is 1. The molecule has 1 aliphatic rings. The highest BCUT2D eigenvalue weighted by Crippen LogP contribution is 2.32. The van der Waals surface area contributed by atoms with E-state index in [1.807, 2.05) is 34.9 Å². The molecule has 0 saturated heterocycles. The number of rotatable bonds is 3. The number of benzene rings is 2. The van der Waals surface area contributed by atoms with Gasteiger partial charge < -0.3 is 9.47 Å². The number of fused-ring (bicyclic) bond motifs is 3. The van der Waals surface area contributed by atoms with E-state index in [1.165, 1.54) is 22.8 Å².